The number of aryl methyl sites for hydroxylation is 2. The van der Waals surface area contributed by atoms with E-state index >= 15 is 0 Å². The number of carbonyl (C=O) groups excluding carboxylic acids is 2. The van der Waals surface area contributed by atoms with Crippen LogP contribution < -0.4 is 0 Å². The minimum absolute atomic E-state index is 0.216. The van der Waals surface area contributed by atoms with E-state index in [0.29, 0.717) is 17.5 Å². The summed E-state index contributed by atoms with van der Waals surface area (Å²) in [6, 6.07) is 14.5. The summed E-state index contributed by atoms with van der Waals surface area (Å²) in [6.45, 7) is 4.16. The predicted molar refractivity (Wildman–Crippen MR) is 87.5 cm³/mol. The van der Waals surface area contributed by atoms with Crippen LogP contribution in [0.5, 0.6) is 0 Å². The Hall–Kier alpha value is -2.62. The second kappa shape index (κ2) is 8.13. The van der Waals surface area contributed by atoms with Crippen LogP contribution in [0.25, 0.3) is 0 Å². The largest absolute Gasteiger partial charge is 0.462 e. The van der Waals surface area contributed by atoms with Gasteiger partial charge in [0.05, 0.1) is 24.3 Å². The van der Waals surface area contributed by atoms with E-state index in [1.807, 2.05) is 38.1 Å². The Balaban J connectivity index is 1.72. The molecule has 0 spiro atoms. The van der Waals surface area contributed by atoms with E-state index in [2.05, 4.69) is 0 Å². The Morgan fingerprint density at radius 2 is 1.13 bits per heavy atom. The monoisotopic (exact) mass is 312 g/mol. The molecule has 0 heterocycles. The summed E-state index contributed by atoms with van der Waals surface area (Å²) >= 11 is 0. The molecule has 0 amide bonds. The van der Waals surface area contributed by atoms with Crippen LogP contribution in [0.3, 0.4) is 0 Å². The van der Waals surface area contributed by atoms with Crippen molar-refractivity contribution in [3.8, 4) is 0 Å². The van der Waals surface area contributed by atoms with E-state index in [4.69, 9.17) is 9.47 Å². The average Bonchev–Trinajstić information content (AvgIpc) is 2.55. The Morgan fingerprint density at radius 1 is 0.739 bits per heavy atom. The zero-order valence-corrected chi connectivity index (χ0v) is 13.4. The van der Waals surface area contributed by atoms with Crippen molar-refractivity contribution in [1.29, 1.82) is 0 Å². The van der Waals surface area contributed by atoms with Gasteiger partial charge < -0.3 is 9.47 Å². The molecule has 0 bridgehead atoms. The fourth-order valence-corrected chi connectivity index (χ4v) is 2.15. The lowest BCUT2D eigenvalue weighted by atomic mass is 10.1. The molecule has 2 aromatic carbocycles. The van der Waals surface area contributed by atoms with Gasteiger partial charge in [0.1, 0.15) is 0 Å². The number of hydrogen-bond acceptors (Lipinski definition) is 4. The molecule has 0 unspecified atom stereocenters. The SMILES string of the molecule is Cc1ccccc1C(=O)OCCCOC(=O)c1ccccc1C. The minimum atomic E-state index is -0.353. The van der Waals surface area contributed by atoms with E-state index in [0.717, 1.165) is 11.1 Å². The van der Waals surface area contributed by atoms with Gasteiger partial charge in [-0.05, 0) is 37.1 Å². The van der Waals surface area contributed by atoms with Crippen molar-refractivity contribution in [3.05, 3.63) is 70.8 Å². The Labute approximate surface area is 136 Å². The van der Waals surface area contributed by atoms with Gasteiger partial charge in [0.2, 0.25) is 0 Å². The zero-order chi connectivity index (χ0) is 16.7. The van der Waals surface area contributed by atoms with Crippen LogP contribution in [0.15, 0.2) is 48.5 Å². The predicted octanol–water partition coefficient (Wildman–Crippen LogP) is 3.71. The van der Waals surface area contributed by atoms with Crippen LogP contribution in [0.2, 0.25) is 0 Å². The zero-order valence-electron chi connectivity index (χ0n) is 13.4. The summed E-state index contributed by atoms with van der Waals surface area (Å²) in [4.78, 5) is 23.8. The van der Waals surface area contributed by atoms with Crippen molar-refractivity contribution in [1.82, 2.24) is 0 Å². The van der Waals surface area contributed by atoms with Crippen LogP contribution in [0, 0.1) is 13.8 Å². The fourth-order valence-electron chi connectivity index (χ4n) is 2.15. The molecule has 4 heteroatoms. The molecule has 0 aliphatic carbocycles. The number of carbonyl (C=O) groups is 2. The summed E-state index contributed by atoms with van der Waals surface area (Å²) in [5, 5.41) is 0. The second-order valence-electron chi connectivity index (χ2n) is 5.26. The molecule has 0 N–H and O–H groups in total. The standard InChI is InChI=1S/C19H20O4/c1-14-8-3-5-10-16(14)18(20)22-12-7-13-23-19(21)17-11-6-4-9-15(17)2/h3-6,8-11H,7,12-13H2,1-2H3. The third-order valence-electron chi connectivity index (χ3n) is 3.48. The van der Waals surface area contributed by atoms with Gasteiger partial charge in [0.15, 0.2) is 0 Å². The molecular weight excluding hydrogens is 292 g/mol. The smallest absolute Gasteiger partial charge is 0.338 e. The number of rotatable bonds is 6. The van der Waals surface area contributed by atoms with Gasteiger partial charge >= 0.3 is 11.9 Å². The van der Waals surface area contributed by atoms with Crippen molar-refractivity contribution in [2.75, 3.05) is 13.2 Å². The lowest BCUT2D eigenvalue weighted by Crippen LogP contribution is -2.12. The highest BCUT2D eigenvalue weighted by Crippen LogP contribution is 2.10. The fraction of sp³-hybridized carbons (Fsp3) is 0.263. The first kappa shape index (κ1) is 16.7. The van der Waals surface area contributed by atoms with Gasteiger partial charge in [-0.15, -0.1) is 0 Å². The first-order valence-electron chi connectivity index (χ1n) is 7.55. The van der Waals surface area contributed by atoms with Gasteiger partial charge in [-0.2, -0.15) is 0 Å². The van der Waals surface area contributed by atoms with Crippen molar-refractivity contribution in [2.45, 2.75) is 20.3 Å². The van der Waals surface area contributed by atoms with Crippen LogP contribution in [-0.4, -0.2) is 25.2 Å². The lowest BCUT2D eigenvalue weighted by Gasteiger charge is -2.08. The molecule has 0 radical (unpaired) electrons. The Kier molecular flexibility index (Phi) is 5.92. The normalized spacial score (nSPS) is 10.2. The molecule has 2 aromatic rings. The second-order valence-corrected chi connectivity index (χ2v) is 5.26. The van der Waals surface area contributed by atoms with Crippen LogP contribution in [0.4, 0.5) is 0 Å². The number of benzene rings is 2. The van der Waals surface area contributed by atoms with E-state index in [9.17, 15) is 9.59 Å². The molecule has 23 heavy (non-hydrogen) atoms. The summed E-state index contributed by atoms with van der Waals surface area (Å²) in [6.07, 6.45) is 0.468. The molecule has 120 valence electrons. The highest BCUT2D eigenvalue weighted by atomic mass is 16.5. The maximum absolute atomic E-state index is 11.9. The van der Waals surface area contributed by atoms with Crippen LogP contribution >= 0.6 is 0 Å². The first-order chi connectivity index (χ1) is 11.1. The van der Waals surface area contributed by atoms with Crippen molar-refractivity contribution in [2.24, 2.45) is 0 Å². The third kappa shape index (κ3) is 4.68. The summed E-state index contributed by atoms with van der Waals surface area (Å²) in [5.74, 6) is -0.707. The summed E-state index contributed by atoms with van der Waals surface area (Å²) in [7, 11) is 0. The average molecular weight is 312 g/mol. The van der Waals surface area contributed by atoms with E-state index in [-0.39, 0.29) is 25.2 Å². The van der Waals surface area contributed by atoms with Crippen LogP contribution in [0.1, 0.15) is 38.3 Å². The highest BCUT2D eigenvalue weighted by Gasteiger charge is 2.11. The molecule has 0 fully saturated rings. The van der Waals surface area contributed by atoms with Crippen molar-refractivity contribution < 1.29 is 19.1 Å². The van der Waals surface area contributed by atoms with Gasteiger partial charge in [0.25, 0.3) is 0 Å². The number of hydrogen-bond donors (Lipinski definition) is 0. The molecule has 0 aromatic heterocycles. The van der Waals surface area contributed by atoms with E-state index in [1.54, 1.807) is 24.3 Å². The quantitative estimate of drug-likeness (QED) is 0.603. The van der Waals surface area contributed by atoms with E-state index < -0.39 is 0 Å². The maximum atomic E-state index is 11.9. The summed E-state index contributed by atoms with van der Waals surface area (Å²) < 4.78 is 10.4. The molecule has 0 aliphatic rings. The van der Waals surface area contributed by atoms with E-state index in [1.165, 1.54) is 0 Å². The third-order valence-corrected chi connectivity index (χ3v) is 3.48. The summed E-state index contributed by atoms with van der Waals surface area (Å²) in [5.41, 5.74) is 2.88. The Bertz CT molecular complexity index is 632. The molecule has 0 atom stereocenters. The Morgan fingerprint density at radius 3 is 1.52 bits per heavy atom. The van der Waals surface area contributed by atoms with Gasteiger partial charge in [-0.3, -0.25) is 0 Å². The number of ether oxygens (including phenoxy) is 2. The molecule has 0 saturated carbocycles. The molecule has 0 saturated heterocycles. The lowest BCUT2D eigenvalue weighted by molar-refractivity contribution is 0.0395. The molecule has 4 nitrogen and oxygen atoms in total. The van der Waals surface area contributed by atoms with Crippen LogP contribution in [-0.2, 0) is 9.47 Å². The topological polar surface area (TPSA) is 52.6 Å². The van der Waals surface area contributed by atoms with Crippen molar-refractivity contribution >= 4 is 11.9 Å². The minimum Gasteiger partial charge on any atom is -0.462 e. The van der Waals surface area contributed by atoms with Gasteiger partial charge in [-0.25, -0.2) is 9.59 Å². The highest BCUT2D eigenvalue weighted by molar-refractivity contribution is 5.91. The number of esters is 2. The molecular formula is C19H20O4. The molecule has 0 aliphatic heterocycles. The first-order valence-corrected chi connectivity index (χ1v) is 7.55. The van der Waals surface area contributed by atoms with Gasteiger partial charge in [0, 0.05) is 6.42 Å². The van der Waals surface area contributed by atoms with Crippen molar-refractivity contribution in [3.63, 3.8) is 0 Å². The van der Waals surface area contributed by atoms with Gasteiger partial charge in [-0.1, -0.05) is 36.4 Å². The molecule has 2 rings (SSSR count). The maximum Gasteiger partial charge on any atom is 0.338 e.